The van der Waals surface area contributed by atoms with E-state index in [1.165, 1.54) is 17.7 Å². The van der Waals surface area contributed by atoms with Crippen molar-refractivity contribution in [3.05, 3.63) is 35.8 Å². The number of nitrogens with zero attached hydrogens (tertiary/aromatic N) is 1. The van der Waals surface area contributed by atoms with Crippen LogP contribution in [0.3, 0.4) is 0 Å². The molecule has 0 amide bonds. The van der Waals surface area contributed by atoms with Crippen LogP contribution in [-0.2, 0) is 0 Å². The lowest BCUT2D eigenvalue weighted by Crippen LogP contribution is -2.28. The molecule has 0 atom stereocenters. The van der Waals surface area contributed by atoms with Gasteiger partial charge in [-0.25, -0.2) is 0 Å². The minimum atomic E-state index is 1.07. The molecule has 0 aromatic rings. The van der Waals surface area contributed by atoms with Crippen molar-refractivity contribution in [2.24, 2.45) is 0 Å². The summed E-state index contributed by atoms with van der Waals surface area (Å²) < 4.78 is 0. The van der Waals surface area contributed by atoms with Crippen molar-refractivity contribution in [1.82, 2.24) is 10.2 Å². The van der Waals surface area contributed by atoms with Gasteiger partial charge in [-0.2, -0.15) is 0 Å². The average Bonchev–Trinajstić information content (AvgIpc) is 2.07. The second-order valence-electron chi connectivity index (χ2n) is 3.35. The van der Waals surface area contributed by atoms with Crippen LogP contribution in [0.4, 0.5) is 0 Å². The molecule has 0 aromatic carbocycles. The van der Waals surface area contributed by atoms with Crippen LogP contribution in [-0.4, -0.2) is 18.5 Å². The zero-order valence-corrected chi connectivity index (χ0v) is 7.43. The molecule has 0 radical (unpaired) electrons. The minimum Gasteiger partial charge on any atom is -0.374 e. The van der Waals surface area contributed by atoms with Gasteiger partial charge in [-0.05, 0) is 24.5 Å². The first-order chi connectivity index (χ1) is 5.79. The van der Waals surface area contributed by atoms with E-state index in [1.807, 2.05) is 6.20 Å². The van der Waals surface area contributed by atoms with E-state index < -0.39 is 0 Å². The first-order valence-corrected chi connectivity index (χ1v) is 4.35. The van der Waals surface area contributed by atoms with Gasteiger partial charge in [-0.3, -0.25) is 0 Å². The highest BCUT2D eigenvalue weighted by Crippen LogP contribution is 2.27. The number of likely N-dealkylation sites (N-methyl/N-ethyl adjacent to an activating group) is 1. The van der Waals surface area contributed by atoms with E-state index in [-0.39, 0.29) is 0 Å². The van der Waals surface area contributed by atoms with E-state index in [1.54, 1.807) is 0 Å². The summed E-state index contributed by atoms with van der Waals surface area (Å²) in [7, 11) is 2.14. The van der Waals surface area contributed by atoms with Crippen molar-refractivity contribution in [3.63, 3.8) is 0 Å². The predicted octanol–water partition coefficient (Wildman–Crippen LogP) is 1.60. The summed E-state index contributed by atoms with van der Waals surface area (Å²) in [6.45, 7) is 5.15. The number of allylic oxidation sites excluding steroid dienone is 2. The molecule has 2 nitrogen and oxygen atoms in total. The van der Waals surface area contributed by atoms with Crippen LogP contribution in [0.1, 0.15) is 12.8 Å². The van der Waals surface area contributed by atoms with Crippen molar-refractivity contribution < 1.29 is 0 Å². The molecule has 12 heavy (non-hydrogen) atoms. The molecule has 0 bridgehead atoms. The van der Waals surface area contributed by atoms with E-state index in [2.05, 4.69) is 29.9 Å². The van der Waals surface area contributed by atoms with Gasteiger partial charge in [-0.15, -0.1) is 0 Å². The molecule has 2 heteroatoms. The van der Waals surface area contributed by atoms with Crippen molar-refractivity contribution in [1.29, 1.82) is 0 Å². The smallest absolute Gasteiger partial charge is 0.0431 e. The molecule has 0 aliphatic carbocycles. The molecule has 0 aromatic heterocycles. The highest BCUT2D eigenvalue weighted by atomic mass is 15.1. The fourth-order valence-electron chi connectivity index (χ4n) is 1.81. The van der Waals surface area contributed by atoms with Gasteiger partial charge in [0.1, 0.15) is 0 Å². The van der Waals surface area contributed by atoms with E-state index in [0.717, 1.165) is 18.7 Å². The van der Waals surface area contributed by atoms with E-state index in [4.69, 9.17) is 0 Å². The third-order valence-electron chi connectivity index (χ3n) is 2.50. The van der Waals surface area contributed by atoms with Gasteiger partial charge in [0, 0.05) is 31.2 Å². The van der Waals surface area contributed by atoms with Gasteiger partial charge < -0.3 is 10.2 Å². The Kier molecular flexibility index (Phi) is 1.68. The average molecular weight is 162 g/mol. The van der Waals surface area contributed by atoms with Crippen LogP contribution in [0.2, 0.25) is 0 Å². The Labute approximate surface area is 73.3 Å². The molecule has 0 saturated carbocycles. The first kappa shape index (κ1) is 7.47. The van der Waals surface area contributed by atoms with Crippen LogP contribution >= 0.6 is 0 Å². The van der Waals surface area contributed by atoms with Crippen LogP contribution < -0.4 is 5.32 Å². The molecule has 2 rings (SSSR count). The lowest BCUT2D eigenvalue weighted by molar-refractivity contribution is 0.389. The van der Waals surface area contributed by atoms with Crippen molar-refractivity contribution in [3.8, 4) is 0 Å². The summed E-state index contributed by atoms with van der Waals surface area (Å²) in [5.41, 5.74) is 3.79. The number of dihydropyridines is 1. The maximum atomic E-state index is 3.99. The molecule has 2 aliphatic heterocycles. The molecular weight excluding hydrogens is 148 g/mol. The monoisotopic (exact) mass is 162 g/mol. The molecule has 0 spiro atoms. The van der Waals surface area contributed by atoms with E-state index in [0.29, 0.717) is 0 Å². The quantitative estimate of drug-likeness (QED) is 0.582. The van der Waals surface area contributed by atoms with Crippen molar-refractivity contribution >= 4 is 0 Å². The van der Waals surface area contributed by atoms with Crippen molar-refractivity contribution in [2.45, 2.75) is 12.8 Å². The summed E-state index contributed by atoms with van der Waals surface area (Å²) in [5, 5.41) is 3.14. The van der Waals surface area contributed by atoms with Crippen LogP contribution in [0.15, 0.2) is 35.8 Å². The predicted molar refractivity (Wildman–Crippen MR) is 50.3 cm³/mol. The first-order valence-electron chi connectivity index (χ1n) is 4.35. The van der Waals surface area contributed by atoms with Gasteiger partial charge in [-0.1, -0.05) is 6.58 Å². The Morgan fingerprint density at radius 2 is 2.42 bits per heavy atom. The van der Waals surface area contributed by atoms with Crippen LogP contribution in [0.5, 0.6) is 0 Å². The standard InChI is InChI=1S/C10H14N2/c1-8-9-4-3-7-12(2)10(9)5-6-11-8/h5-6,11H,1,3-4,7H2,2H3. The number of hydrogen-bond acceptors (Lipinski definition) is 2. The third kappa shape index (κ3) is 1.04. The molecule has 2 aliphatic rings. The highest BCUT2D eigenvalue weighted by Gasteiger charge is 2.18. The summed E-state index contributed by atoms with van der Waals surface area (Å²) >= 11 is 0. The van der Waals surface area contributed by atoms with E-state index in [9.17, 15) is 0 Å². The Balaban J connectivity index is 2.39. The Hall–Kier alpha value is -1.18. The van der Waals surface area contributed by atoms with Crippen LogP contribution in [0.25, 0.3) is 0 Å². The van der Waals surface area contributed by atoms with Gasteiger partial charge in [0.25, 0.3) is 0 Å². The number of hydrogen-bond donors (Lipinski definition) is 1. The second-order valence-corrected chi connectivity index (χ2v) is 3.35. The summed E-state index contributed by atoms with van der Waals surface area (Å²) in [6.07, 6.45) is 6.49. The molecular formula is C10H14N2. The minimum absolute atomic E-state index is 1.07. The lowest BCUT2D eigenvalue weighted by Gasteiger charge is -2.31. The molecule has 2 heterocycles. The zero-order chi connectivity index (χ0) is 8.55. The number of rotatable bonds is 0. The topological polar surface area (TPSA) is 15.3 Å². The van der Waals surface area contributed by atoms with Gasteiger partial charge in [0.2, 0.25) is 0 Å². The SMILES string of the molecule is C=C1NC=CC2=C1CCCN2C. The molecule has 64 valence electrons. The lowest BCUT2D eigenvalue weighted by atomic mass is 9.98. The second kappa shape index (κ2) is 2.70. The van der Waals surface area contributed by atoms with Gasteiger partial charge in [0.15, 0.2) is 0 Å². The fourth-order valence-corrected chi connectivity index (χ4v) is 1.81. The Bertz CT molecular complexity index is 274. The molecule has 0 fully saturated rings. The van der Waals surface area contributed by atoms with Crippen LogP contribution in [0, 0.1) is 0 Å². The summed E-state index contributed by atoms with van der Waals surface area (Å²) in [6, 6.07) is 0. The fraction of sp³-hybridized carbons (Fsp3) is 0.400. The Morgan fingerprint density at radius 1 is 1.58 bits per heavy atom. The van der Waals surface area contributed by atoms with Crippen molar-refractivity contribution in [2.75, 3.05) is 13.6 Å². The normalized spacial score (nSPS) is 22.4. The van der Waals surface area contributed by atoms with E-state index >= 15 is 0 Å². The molecule has 0 saturated heterocycles. The molecule has 0 unspecified atom stereocenters. The molecule has 1 N–H and O–H groups in total. The third-order valence-corrected chi connectivity index (χ3v) is 2.50. The van der Waals surface area contributed by atoms with Gasteiger partial charge in [0.05, 0.1) is 0 Å². The zero-order valence-electron chi connectivity index (χ0n) is 7.43. The Morgan fingerprint density at radius 3 is 3.17 bits per heavy atom. The highest BCUT2D eigenvalue weighted by molar-refractivity contribution is 5.42. The largest absolute Gasteiger partial charge is 0.374 e. The van der Waals surface area contributed by atoms with Gasteiger partial charge >= 0.3 is 0 Å². The maximum absolute atomic E-state index is 3.99. The maximum Gasteiger partial charge on any atom is 0.0431 e. The summed E-state index contributed by atoms with van der Waals surface area (Å²) in [5.74, 6) is 0. The number of nitrogens with one attached hydrogen (secondary N) is 1. The summed E-state index contributed by atoms with van der Waals surface area (Å²) in [4.78, 5) is 2.29.